The van der Waals surface area contributed by atoms with E-state index in [2.05, 4.69) is 0 Å². The van der Waals surface area contributed by atoms with Crippen molar-refractivity contribution in [1.82, 2.24) is 9.80 Å². The summed E-state index contributed by atoms with van der Waals surface area (Å²) >= 11 is 0. The molecule has 2 heterocycles. The Morgan fingerprint density at radius 1 is 1.21 bits per heavy atom. The van der Waals surface area contributed by atoms with Gasteiger partial charge in [-0.15, -0.1) is 0 Å². The molecular weight excluding hydrogens is 314 g/mol. The average Bonchev–Trinajstić information content (AvgIpc) is 2.96. The molecule has 2 atom stereocenters. The van der Waals surface area contributed by atoms with Crippen molar-refractivity contribution in [1.29, 1.82) is 0 Å². The number of aliphatic hydroxyl groups is 1. The SMILES string of the molecule is O=C(CCN1CC(O)CC1c1cc(F)ccc1F)N1CCCCC1. The second-order valence-electron chi connectivity index (χ2n) is 6.76. The van der Waals surface area contributed by atoms with Gasteiger partial charge in [0.1, 0.15) is 11.6 Å². The van der Waals surface area contributed by atoms with Crippen LogP contribution in [0.4, 0.5) is 8.78 Å². The van der Waals surface area contributed by atoms with Gasteiger partial charge in [0.05, 0.1) is 6.10 Å². The van der Waals surface area contributed by atoms with E-state index in [4.69, 9.17) is 0 Å². The Kier molecular flexibility index (Phi) is 5.46. The number of likely N-dealkylation sites (tertiary alicyclic amines) is 2. The fraction of sp³-hybridized carbons (Fsp3) is 0.611. The molecular formula is C18H24F2N2O2. The van der Waals surface area contributed by atoms with Crippen molar-refractivity contribution < 1.29 is 18.7 Å². The van der Waals surface area contributed by atoms with E-state index in [1.165, 1.54) is 12.5 Å². The Bertz CT molecular complexity index is 590. The second kappa shape index (κ2) is 7.57. The first-order valence-electron chi connectivity index (χ1n) is 8.69. The molecule has 0 radical (unpaired) electrons. The van der Waals surface area contributed by atoms with Crippen LogP contribution in [0.3, 0.4) is 0 Å². The molecule has 4 nitrogen and oxygen atoms in total. The van der Waals surface area contributed by atoms with Gasteiger partial charge < -0.3 is 10.0 Å². The van der Waals surface area contributed by atoms with Gasteiger partial charge in [-0.3, -0.25) is 9.69 Å². The fourth-order valence-corrected chi connectivity index (χ4v) is 3.76. The quantitative estimate of drug-likeness (QED) is 0.917. The Morgan fingerprint density at radius 2 is 1.96 bits per heavy atom. The first-order chi connectivity index (χ1) is 11.5. The van der Waals surface area contributed by atoms with Crippen molar-refractivity contribution in [2.45, 2.75) is 44.2 Å². The second-order valence-corrected chi connectivity index (χ2v) is 6.76. The number of hydrogen-bond acceptors (Lipinski definition) is 3. The van der Waals surface area contributed by atoms with Crippen molar-refractivity contribution in [3.8, 4) is 0 Å². The number of amides is 1. The van der Waals surface area contributed by atoms with Crippen molar-refractivity contribution in [2.75, 3.05) is 26.2 Å². The summed E-state index contributed by atoms with van der Waals surface area (Å²) < 4.78 is 27.5. The number of carbonyl (C=O) groups is 1. The Balaban J connectivity index is 1.65. The average molecular weight is 338 g/mol. The minimum Gasteiger partial charge on any atom is -0.392 e. The lowest BCUT2D eigenvalue weighted by molar-refractivity contribution is -0.132. The zero-order valence-electron chi connectivity index (χ0n) is 13.8. The summed E-state index contributed by atoms with van der Waals surface area (Å²) in [6, 6.07) is 3.02. The number of nitrogens with zero attached hydrogens (tertiary/aromatic N) is 2. The summed E-state index contributed by atoms with van der Waals surface area (Å²) in [6.45, 7) is 2.45. The third-order valence-corrected chi connectivity index (χ3v) is 5.02. The number of halogens is 2. The van der Waals surface area contributed by atoms with Crippen LogP contribution in [0.15, 0.2) is 18.2 Å². The Morgan fingerprint density at radius 3 is 2.71 bits per heavy atom. The minimum atomic E-state index is -0.581. The van der Waals surface area contributed by atoms with Crippen LogP contribution in [0, 0.1) is 11.6 Å². The maximum Gasteiger partial charge on any atom is 0.223 e. The summed E-state index contributed by atoms with van der Waals surface area (Å²) in [4.78, 5) is 16.1. The first kappa shape index (κ1) is 17.3. The largest absolute Gasteiger partial charge is 0.392 e. The predicted octanol–water partition coefficient (Wildman–Crippen LogP) is 2.48. The lowest BCUT2D eigenvalue weighted by Gasteiger charge is -2.29. The van der Waals surface area contributed by atoms with Gasteiger partial charge in [0.2, 0.25) is 5.91 Å². The van der Waals surface area contributed by atoms with Gasteiger partial charge in [0.25, 0.3) is 0 Å². The van der Waals surface area contributed by atoms with Crippen molar-refractivity contribution in [2.24, 2.45) is 0 Å². The number of piperidine rings is 1. The minimum absolute atomic E-state index is 0.106. The summed E-state index contributed by atoms with van der Waals surface area (Å²) in [5, 5.41) is 9.95. The smallest absolute Gasteiger partial charge is 0.223 e. The van der Waals surface area contributed by atoms with E-state index in [0.29, 0.717) is 25.9 Å². The van der Waals surface area contributed by atoms with Gasteiger partial charge in [-0.2, -0.15) is 0 Å². The van der Waals surface area contributed by atoms with Gasteiger partial charge in [-0.1, -0.05) is 0 Å². The normalized spacial score (nSPS) is 25.2. The van der Waals surface area contributed by atoms with E-state index in [1.54, 1.807) is 0 Å². The molecule has 2 aliphatic rings. The molecule has 0 spiro atoms. The molecule has 1 aromatic rings. The molecule has 2 saturated heterocycles. The summed E-state index contributed by atoms with van der Waals surface area (Å²) in [7, 11) is 0. The summed E-state index contributed by atoms with van der Waals surface area (Å²) in [5.74, 6) is -0.852. The van der Waals surface area contributed by atoms with Crippen molar-refractivity contribution >= 4 is 5.91 Å². The van der Waals surface area contributed by atoms with Gasteiger partial charge in [-0.05, 0) is 43.9 Å². The van der Waals surface area contributed by atoms with Crippen LogP contribution in [-0.4, -0.2) is 53.1 Å². The third-order valence-electron chi connectivity index (χ3n) is 5.02. The highest BCUT2D eigenvalue weighted by molar-refractivity contribution is 5.76. The summed E-state index contributed by atoms with van der Waals surface area (Å²) in [5.41, 5.74) is 0.261. The summed E-state index contributed by atoms with van der Waals surface area (Å²) in [6.07, 6.45) is 3.39. The van der Waals surface area contributed by atoms with Crippen molar-refractivity contribution in [3.05, 3.63) is 35.4 Å². The zero-order chi connectivity index (χ0) is 17.1. The number of β-amino-alcohol motifs (C(OH)–C–C–N with tert-alkyl or cyclic N) is 1. The van der Waals surface area contributed by atoms with Crippen LogP contribution < -0.4 is 0 Å². The predicted molar refractivity (Wildman–Crippen MR) is 86.3 cm³/mol. The van der Waals surface area contributed by atoms with Crippen molar-refractivity contribution in [3.63, 3.8) is 0 Å². The van der Waals surface area contributed by atoms with E-state index in [9.17, 15) is 18.7 Å². The number of hydrogen-bond donors (Lipinski definition) is 1. The van der Waals surface area contributed by atoms with Crippen LogP contribution in [0.25, 0.3) is 0 Å². The monoisotopic (exact) mass is 338 g/mol. The molecule has 24 heavy (non-hydrogen) atoms. The number of rotatable bonds is 4. The topological polar surface area (TPSA) is 43.8 Å². The first-order valence-corrected chi connectivity index (χ1v) is 8.69. The van der Waals surface area contributed by atoms with Crippen LogP contribution in [-0.2, 0) is 4.79 Å². The van der Waals surface area contributed by atoms with Crippen LogP contribution >= 0.6 is 0 Å². The third kappa shape index (κ3) is 3.92. The van der Waals surface area contributed by atoms with Gasteiger partial charge in [-0.25, -0.2) is 8.78 Å². The lowest BCUT2D eigenvalue weighted by Crippen LogP contribution is -2.38. The van der Waals surface area contributed by atoms with Crippen LogP contribution in [0.5, 0.6) is 0 Å². The van der Waals surface area contributed by atoms with E-state index >= 15 is 0 Å². The zero-order valence-corrected chi connectivity index (χ0v) is 13.8. The fourth-order valence-electron chi connectivity index (χ4n) is 3.76. The Hall–Kier alpha value is -1.53. The highest BCUT2D eigenvalue weighted by atomic mass is 19.1. The standard InChI is InChI=1S/C18H24F2N2O2/c19-13-4-5-16(20)15(10-13)17-11-14(23)12-22(17)9-6-18(24)21-7-2-1-3-8-21/h4-5,10,14,17,23H,1-3,6-9,11-12H2. The molecule has 1 aromatic carbocycles. The molecule has 3 rings (SSSR count). The molecule has 1 N–H and O–H groups in total. The number of carbonyl (C=O) groups excluding carboxylic acids is 1. The van der Waals surface area contributed by atoms with Gasteiger partial charge >= 0.3 is 0 Å². The highest BCUT2D eigenvalue weighted by Gasteiger charge is 2.34. The number of aliphatic hydroxyl groups excluding tert-OH is 1. The lowest BCUT2D eigenvalue weighted by atomic mass is 10.0. The van der Waals surface area contributed by atoms with E-state index in [-0.39, 0.29) is 17.5 Å². The molecule has 0 aromatic heterocycles. The molecule has 2 aliphatic heterocycles. The van der Waals surface area contributed by atoms with Crippen LogP contribution in [0.2, 0.25) is 0 Å². The van der Waals surface area contributed by atoms with Gasteiger partial charge in [0, 0.05) is 44.2 Å². The number of benzene rings is 1. The molecule has 132 valence electrons. The van der Waals surface area contributed by atoms with E-state index < -0.39 is 17.7 Å². The van der Waals surface area contributed by atoms with Gasteiger partial charge in [0.15, 0.2) is 0 Å². The maximum atomic E-state index is 14.1. The molecule has 6 heteroatoms. The molecule has 1 amide bonds. The molecule has 0 saturated carbocycles. The molecule has 2 fully saturated rings. The molecule has 0 aliphatic carbocycles. The van der Waals surface area contributed by atoms with E-state index in [0.717, 1.165) is 38.1 Å². The molecule has 2 unspecified atom stereocenters. The Labute approximate surface area is 141 Å². The highest BCUT2D eigenvalue weighted by Crippen LogP contribution is 2.34. The van der Waals surface area contributed by atoms with Crippen LogP contribution in [0.1, 0.15) is 43.7 Å². The molecule has 0 bridgehead atoms. The van der Waals surface area contributed by atoms with E-state index in [1.807, 2.05) is 9.80 Å². The maximum absolute atomic E-state index is 14.1.